The maximum absolute atomic E-state index is 13.4. The molecule has 0 saturated carbocycles. The Morgan fingerprint density at radius 2 is 1.03 bits per heavy atom. The van der Waals surface area contributed by atoms with Crippen LogP contribution in [-0.4, -0.2) is 22.8 Å². The highest BCUT2D eigenvalue weighted by Crippen LogP contribution is 2.34. The number of carbonyl (C=O) groups excluding carboxylic acids is 1. The van der Waals surface area contributed by atoms with Crippen molar-refractivity contribution in [2.75, 3.05) is 0 Å². The average Bonchev–Trinajstić information content (AvgIpc) is 2.85. The van der Waals surface area contributed by atoms with Gasteiger partial charge in [0.05, 0.1) is 20.2 Å². The summed E-state index contributed by atoms with van der Waals surface area (Å²) in [5, 5.41) is 0. The van der Waals surface area contributed by atoms with Crippen LogP contribution in [0.1, 0.15) is 10.4 Å². The van der Waals surface area contributed by atoms with Crippen molar-refractivity contribution in [2.45, 2.75) is 19.6 Å². The second-order valence-electron chi connectivity index (χ2n) is 7.00. The smallest absolute Gasteiger partial charge is 0.343 e. The summed E-state index contributed by atoms with van der Waals surface area (Å²) < 4.78 is 58.4. The standard InChI is InChI=1S/C25H18O6S2/c26-25(19-10-4-1-5-11-19)31-23-17-16-22(32(27,28)20-12-6-2-7-13-20)18-24(23)33(29,30)21-14-8-3-9-15-21/h1-18H. The maximum atomic E-state index is 13.4. The minimum Gasteiger partial charge on any atom is -0.422 e. The normalized spacial score (nSPS) is 11.6. The first kappa shape index (κ1) is 22.4. The molecule has 0 aromatic heterocycles. The number of hydrogen-bond acceptors (Lipinski definition) is 6. The van der Waals surface area contributed by atoms with Crippen LogP contribution in [0.5, 0.6) is 5.75 Å². The Morgan fingerprint density at radius 3 is 1.58 bits per heavy atom. The Morgan fingerprint density at radius 1 is 0.545 bits per heavy atom. The summed E-state index contributed by atoms with van der Waals surface area (Å²) in [6.45, 7) is 0. The van der Waals surface area contributed by atoms with E-state index in [1.807, 2.05) is 0 Å². The lowest BCUT2D eigenvalue weighted by Gasteiger charge is -2.13. The Balaban J connectivity index is 1.86. The molecule has 0 amide bonds. The molecule has 0 spiro atoms. The number of hydrogen-bond donors (Lipinski definition) is 0. The lowest BCUT2D eigenvalue weighted by Crippen LogP contribution is -2.13. The molecule has 0 unspecified atom stereocenters. The number of ether oxygens (including phenoxy) is 1. The van der Waals surface area contributed by atoms with E-state index in [9.17, 15) is 21.6 Å². The van der Waals surface area contributed by atoms with E-state index < -0.39 is 30.5 Å². The first-order valence-electron chi connectivity index (χ1n) is 9.82. The molecule has 4 aromatic rings. The van der Waals surface area contributed by atoms with Gasteiger partial charge in [-0.15, -0.1) is 0 Å². The summed E-state index contributed by atoms with van der Waals surface area (Å²) >= 11 is 0. The van der Waals surface area contributed by atoms with Crippen LogP contribution in [0.15, 0.2) is 129 Å². The molecule has 0 fully saturated rings. The summed E-state index contributed by atoms with van der Waals surface area (Å²) in [7, 11) is -8.21. The van der Waals surface area contributed by atoms with Crippen LogP contribution in [0.25, 0.3) is 0 Å². The molecule has 0 aliphatic heterocycles. The van der Waals surface area contributed by atoms with Crippen molar-refractivity contribution in [1.82, 2.24) is 0 Å². The lowest BCUT2D eigenvalue weighted by molar-refractivity contribution is 0.0730. The molecule has 0 radical (unpaired) electrons. The zero-order valence-electron chi connectivity index (χ0n) is 17.2. The second kappa shape index (κ2) is 9.01. The van der Waals surface area contributed by atoms with Crippen LogP contribution in [0.3, 0.4) is 0 Å². The highest BCUT2D eigenvalue weighted by Gasteiger charge is 2.28. The lowest BCUT2D eigenvalue weighted by atomic mass is 10.2. The van der Waals surface area contributed by atoms with Gasteiger partial charge in [-0.25, -0.2) is 21.6 Å². The van der Waals surface area contributed by atoms with Crippen molar-refractivity contribution in [2.24, 2.45) is 0 Å². The number of rotatable bonds is 6. The monoisotopic (exact) mass is 478 g/mol. The number of benzene rings is 4. The predicted molar refractivity (Wildman–Crippen MR) is 122 cm³/mol. The molecule has 33 heavy (non-hydrogen) atoms. The van der Waals surface area contributed by atoms with Gasteiger partial charge in [-0.3, -0.25) is 0 Å². The highest BCUT2D eigenvalue weighted by atomic mass is 32.2. The van der Waals surface area contributed by atoms with Crippen molar-refractivity contribution in [1.29, 1.82) is 0 Å². The fraction of sp³-hybridized carbons (Fsp3) is 0. The topological polar surface area (TPSA) is 94.6 Å². The summed E-state index contributed by atoms with van der Waals surface area (Å²) in [5.41, 5.74) is 0.224. The Kier molecular flexibility index (Phi) is 6.13. The zero-order chi connectivity index (χ0) is 23.5. The molecule has 4 aromatic carbocycles. The molecule has 0 heterocycles. The first-order valence-corrected chi connectivity index (χ1v) is 12.8. The number of carbonyl (C=O) groups is 1. The van der Waals surface area contributed by atoms with Crippen molar-refractivity contribution in [3.05, 3.63) is 115 Å². The molecule has 0 aliphatic carbocycles. The molecule has 0 N–H and O–H groups in total. The summed E-state index contributed by atoms with van der Waals surface area (Å²) in [6, 6.07) is 26.7. The quantitative estimate of drug-likeness (QED) is 0.298. The van der Waals surface area contributed by atoms with E-state index in [1.54, 1.807) is 54.6 Å². The van der Waals surface area contributed by atoms with Gasteiger partial charge in [0.15, 0.2) is 0 Å². The third-order valence-corrected chi connectivity index (χ3v) is 8.39. The van der Waals surface area contributed by atoms with Crippen molar-refractivity contribution < 1.29 is 26.4 Å². The van der Waals surface area contributed by atoms with Crippen LogP contribution in [0.2, 0.25) is 0 Å². The van der Waals surface area contributed by atoms with E-state index in [0.717, 1.165) is 6.07 Å². The largest absolute Gasteiger partial charge is 0.422 e. The van der Waals surface area contributed by atoms with Crippen LogP contribution in [-0.2, 0) is 19.7 Å². The molecular formula is C25H18O6S2. The molecule has 8 heteroatoms. The molecule has 6 nitrogen and oxygen atoms in total. The van der Waals surface area contributed by atoms with Gasteiger partial charge in [0, 0.05) is 0 Å². The first-order chi connectivity index (χ1) is 15.8. The zero-order valence-corrected chi connectivity index (χ0v) is 18.8. The van der Waals surface area contributed by atoms with Crippen molar-refractivity contribution in [3.63, 3.8) is 0 Å². The Bertz CT molecular complexity index is 1500. The van der Waals surface area contributed by atoms with E-state index >= 15 is 0 Å². The number of esters is 1. The van der Waals surface area contributed by atoms with Gasteiger partial charge in [-0.1, -0.05) is 54.6 Å². The van der Waals surface area contributed by atoms with Gasteiger partial charge in [0.1, 0.15) is 10.6 Å². The molecule has 0 atom stereocenters. The Labute approximate surface area is 191 Å². The predicted octanol–water partition coefficient (Wildman–Crippen LogP) is 4.57. The maximum Gasteiger partial charge on any atom is 0.343 e. The van der Waals surface area contributed by atoms with Crippen LogP contribution in [0, 0.1) is 0 Å². The molecule has 0 bridgehead atoms. The van der Waals surface area contributed by atoms with Crippen LogP contribution in [0.4, 0.5) is 0 Å². The fourth-order valence-electron chi connectivity index (χ4n) is 3.15. The second-order valence-corrected chi connectivity index (χ2v) is 10.9. The van der Waals surface area contributed by atoms with Gasteiger partial charge in [-0.05, 0) is 54.6 Å². The van der Waals surface area contributed by atoms with Crippen LogP contribution < -0.4 is 4.74 Å². The molecule has 0 saturated heterocycles. The van der Waals surface area contributed by atoms with Crippen molar-refractivity contribution in [3.8, 4) is 5.75 Å². The minimum atomic E-state index is -4.20. The summed E-state index contributed by atoms with van der Waals surface area (Å²) in [6.07, 6.45) is 0. The molecule has 0 aliphatic rings. The van der Waals surface area contributed by atoms with Crippen molar-refractivity contribution >= 4 is 25.6 Å². The van der Waals surface area contributed by atoms with Gasteiger partial charge in [0.2, 0.25) is 19.7 Å². The van der Waals surface area contributed by atoms with E-state index in [2.05, 4.69) is 0 Å². The minimum absolute atomic E-state index is 0.0158. The third kappa shape index (κ3) is 4.57. The van der Waals surface area contributed by atoms with E-state index in [1.165, 1.54) is 48.5 Å². The molecule has 4 rings (SSSR count). The number of sulfone groups is 2. The summed E-state index contributed by atoms with van der Waals surface area (Å²) in [4.78, 5) is 11.9. The van der Waals surface area contributed by atoms with Crippen LogP contribution >= 0.6 is 0 Å². The SMILES string of the molecule is O=C(Oc1ccc(S(=O)(=O)c2ccccc2)cc1S(=O)(=O)c1ccccc1)c1ccccc1. The highest BCUT2D eigenvalue weighted by molar-refractivity contribution is 7.92. The summed E-state index contributed by atoms with van der Waals surface area (Å²) in [5.74, 6) is -1.03. The molecular weight excluding hydrogens is 460 g/mol. The van der Waals surface area contributed by atoms with Gasteiger partial charge in [-0.2, -0.15) is 0 Å². The third-order valence-electron chi connectivity index (χ3n) is 4.83. The molecule has 166 valence electrons. The van der Waals surface area contributed by atoms with E-state index in [-0.39, 0.29) is 26.0 Å². The van der Waals surface area contributed by atoms with Gasteiger partial charge < -0.3 is 4.74 Å². The van der Waals surface area contributed by atoms with Gasteiger partial charge >= 0.3 is 5.97 Å². The van der Waals surface area contributed by atoms with Gasteiger partial charge in [0.25, 0.3) is 0 Å². The van der Waals surface area contributed by atoms with E-state index in [4.69, 9.17) is 4.74 Å². The fourth-order valence-corrected chi connectivity index (χ4v) is 5.95. The Hall–Kier alpha value is -3.75. The average molecular weight is 479 g/mol. The van der Waals surface area contributed by atoms with E-state index in [0.29, 0.717) is 0 Å².